The Bertz CT molecular complexity index is 1310. The van der Waals surface area contributed by atoms with Crippen molar-refractivity contribution in [2.75, 3.05) is 10.2 Å². The summed E-state index contributed by atoms with van der Waals surface area (Å²) >= 11 is 10.4. The molecule has 5 nitrogen and oxygen atoms in total. The van der Waals surface area contributed by atoms with E-state index in [1.165, 1.54) is 17.0 Å². The summed E-state index contributed by atoms with van der Waals surface area (Å²) in [5, 5.41) is 12.7. The van der Waals surface area contributed by atoms with Gasteiger partial charge in [-0.3, -0.25) is 14.5 Å². The molecular formula is C25H16BrClFN3O2S. The summed E-state index contributed by atoms with van der Waals surface area (Å²) in [6.45, 7) is 0. The van der Waals surface area contributed by atoms with Crippen LogP contribution in [0.5, 0.6) is 0 Å². The molecule has 0 aromatic heterocycles. The van der Waals surface area contributed by atoms with E-state index in [-0.39, 0.29) is 22.3 Å². The van der Waals surface area contributed by atoms with Gasteiger partial charge in [0.15, 0.2) is 0 Å². The van der Waals surface area contributed by atoms with Gasteiger partial charge in [-0.15, -0.1) is 0 Å². The van der Waals surface area contributed by atoms with Crippen LogP contribution < -0.4 is 10.2 Å². The van der Waals surface area contributed by atoms with Crippen LogP contribution in [-0.2, 0) is 16.0 Å². The Balaban J connectivity index is 1.71. The minimum Gasteiger partial charge on any atom is -0.321 e. The molecule has 1 atom stereocenters. The first kappa shape index (κ1) is 24.0. The Morgan fingerprint density at radius 2 is 1.74 bits per heavy atom. The number of carbonyl (C=O) groups is 2. The summed E-state index contributed by atoms with van der Waals surface area (Å²) < 4.78 is 14.1. The topological polar surface area (TPSA) is 73.2 Å². The van der Waals surface area contributed by atoms with E-state index in [9.17, 15) is 19.2 Å². The second-order valence-corrected chi connectivity index (χ2v) is 9.88. The number of nitrogens with zero attached hydrogens (tertiary/aromatic N) is 2. The molecule has 1 fully saturated rings. The molecule has 0 bridgehead atoms. The number of amides is 2. The van der Waals surface area contributed by atoms with E-state index >= 15 is 0 Å². The third kappa shape index (κ3) is 5.33. The number of hydrogen-bond donors (Lipinski definition) is 1. The normalized spacial score (nSPS) is 16.8. The lowest BCUT2D eigenvalue weighted by atomic mass is 10.1. The Morgan fingerprint density at radius 1 is 1.09 bits per heavy atom. The fourth-order valence-corrected chi connectivity index (χ4v) is 5.07. The number of hydrogen-bond acceptors (Lipinski definition) is 4. The molecule has 3 aromatic carbocycles. The lowest BCUT2D eigenvalue weighted by Crippen LogP contribution is -2.30. The molecule has 1 N–H and O–H groups in total. The summed E-state index contributed by atoms with van der Waals surface area (Å²) in [5.41, 5.74) is 1.59. The maximum Gasteiger partial charge on any atom is 0.269 e. The third-order valence-corrected chi connectivity index (χ3v) is 7.07. The minimum absolute atomic E-state index is 0.183. The van der Waals surface area contributed by atoms with Crippen LogP contribution in [0.25, 0.3) is 0 Å². The summed E-state index contributed by atoms with van der Waals surface area (Å²) in [6.07, 6.45) is 0.317. The molecule has 2 amide bonds. The molecule has 0 saturated carbocycles. The van der Waals surface area contributed by atoms with Gasteiger partial charge in [0.1, 0.15) is 22.5 Å². The molecule has 34 heavy (non-hydrogen) atoms. The molecule has 0 aliphatic carbocycles. The fourth-order valence-electron chi connectivity index (χ4n) is 3.37. The van der Waals surface area contributed by atoms with Crippen molar-refractivity contribution in [3.63, 3.8) is 0 Å². The summed E-state index contributed by atoms with van der Waals surface area (Å²) in [5.74, 6) is -1.26. The molecule has 0 spiro atoms. The average Bonchev–Trinajstić information content (AvgIpc) is 3.13. The first-order chi connectivity index (χ1) is 16.4. The van der Waals surface area contributed by atoms with Crippen LogP contribution in [0, 0.1) is 17.1 Å². The van der Waals surface area contributed by atoms with Crippen molar-refractivity contribution < 1.29 is 14.0 Å². The number of rotatable bonds is 5. The fraction of sp³-hybridized carbons (Fsp3) is 0.0800. The van der Waals surface area contributed by atoms with Crippen molar-refractivity contribution in [3.05, 3.63) is 104 Å². The van der Waals surface area contributed by atoms with Crippen LogP contribution in [0.4, 0.5) is 15.8 Å². The molecule has 1 aliphatic heterocycles. The average molecular weight is 557 g/mol. The van der Waals surface area contributed by atoms with Crippen LogP contribution in [0.1, 0.15) is 5.56 Å². The zero-order valence-electron chi connectivity index (χ0n) is 17.5. The first-order valence-corrected chi connectivity index (χ1v) is 12.1. The molecule has 1 unspecified atom stereocenters. The van der Waals surface area contributed by atoms with Crippen molar-refractivity contribution in [1.29, 1.82) is 5.26 Å². The monoisotopic (exact) mass is 555 g/mol. The maximum absolute atomic E-state index is 13.4. The first-order valence-electron chi connectivity index (χ1n) is 10.1. The Morgan fingerprint density at radius 3 is 2.35 bits per heavy atom. The summed E-state index contributed by atoms with van der Waals surface area (Å²) in [6, 6.07) is 21.4. The third-order valence-electron chi connectivity index (χ3n) is 5.03. The summed E-state index contributed by atoms with van der Waals surface area (Å²) in [4.78, 5) is 27.9. The van der Waals surface area contributed by atoms with E-state index in [0.717, 1.165) is 21.8 Å². The van der Waals surface area contributed by atoms with Gasteiger partial charge in [0.05, 0.1) is 5.25 Å². The highest BCUT2D eigenvalue weighted by atomic mass is 79.9. The van der Waals surface area contributed by atoms with Gasteiger partial charge in [0, 0.05) is 20.9 Å². The van der Waals surface area contributed by atoms with Gasteiger partial charge in [-0.1, -0.05) is 51.4 Å². The number of thioether (sulfide) groups is 1. The van der Waals surface area contributed by atoms with Crippen LogP contribution in [0.3, 0.4) is 0 Å². The second-order valence-electron chi connectivity index (χ2n) is 7.34. The van der Waals surface area contributed by atoms with Gasteiger partial charge in [0.25, 0.3) is 5.91 Å². The van der Waals surface area contributed by atoms with E-state index in [1.807, 2.05) is 6.07 Å². The van der Waals surface area contributed by atoms with Crippen LogP contribution in [0.2, 0.25) is 5.02 Å². The van der Waals surface area contributed by atoms with Crippen molar-refractivity contribution in [1.82, 2.24) is 0 Å². The van der Waals surface area contributed by atoms with Gasteiger partial charge in [-0.25, -0.2) is 4.39 Å². The predicted molar refractivity (Wildman–Crippen MR) is 136 cm³/mol. The molecular weight excluding hydrogens is 541 g/mol. The Labute approximate surface area is 213 Å². The van der Waals surface area contributed by atoms with Gasteiger partial charge >= 0.3 is 0 Å². The molecule has 1 saturated heterocycles. The van der Waals surface area contributed by atoms with Gasteiger partial charge in [-0.2, -0.15) is 5.26 Å². The standard InChI is InChI=1S/C25H16BrClFN3O2S/c26-16-3-11-20(12-4-16)31-24(33)22(13-15-1-7-18(28)8-2-15)34-25(31)21(14-29)23(32)30-19-9-5-17(27)6-10-19/h1-12,22H,13H2,(H,30,32)/b25-21-. The van der Waals surface area contributed by atoms with Crippen LogP contribution in [-0.4, -0.2) is 17.1 Å². The smallest absolute Gasteiger partial charge is 0.269 e. The highest BCUT2D eigenvalue weighted by Crippen LogP contribution is 2.42. The Kier molecular flexibility index (Phi) is 7.37. The Hall–Kier alpha value is -3.12. The predicted octanol–water partition coefficient (Wildman–Crippen LogP) is 6.31. The van der Waals surface area contributed by atoms with E-state index < -0.39 is 11.2 Å². The highest BCUT2D eigenvalue weighted by Gasteiger charge is 2.40. The van der Waals surface area contributed by atoms with Crippen LogP contribution in [0.15, 0.2) is 87.9 Å². The van der Waals surface area contributed by atoms with Gasteiger partial charge < -0.3 is 5.32 Å². The largest absolute Gasteiger partial charge is 0.321 e. The SMILES string of the molecule is N#C/C(C(=O)Nc1ccc(Cl)cc1)=C1/SC(Cc2ccc(F)cc2)C(=O)N1c1ccc(Br)cc1. The van der Waals surface area contributed by atoms with Crippen molar-refractivity contribution in [2.24, 2.45) is 0 Å². The number of nitriles is 1. The number of nitrogens with one attached hydrogen (secondary N) is 1. The second kappa shape index (κ2) is 10.4. The molecule has 1 heterocycles. The van der Waals surface area contributed by atoms with Crippen molar-refractivity contribution in [2.45, 2.75) is 11.7 Å². The lowest BCUT2D eigenvalue weighted by molar-refractivity contribution is -0.117. The van der Waals surface area contributed by atoms with Crippen LogP contribution >= 0.6 is 39.3 Å². The number of halogens is 3. The lowest BCUT2D eigenvalue weighted by Gasteiger charge is -2.19. The molecule has 170 valence electrons. The highest BCUT2D eigenvalue weighted by molar-refractivity contribution is 9.10. The minimum atomic E-state index is -0.635. The number of carbonyl (C=O) groups excluding carboxylic acids is 2. The molecule has 1 aliphatic rings. The quantitative estimate of drug-likeness (QED) is 0.295. The van der Waals surface area contributed by atoms with Gasteiger partial charge in [-0.05, 0) is 72.6 Å². The zero-order chi connectivity index (χ0) is 24.2. The molecule has 0 radical (unpaired) electrons. The number of anilines is 2. The van der Waals surface area contributed by atoms with E-state index in [2.05, 4.69) is 21.2 Å². The van der Waals surface area contributed by atoms with Crippen molar-refractivity contribution in [3.8, 4) is 6.07 Å². The van der Waals surface area contributed by atoms with Gasteiger partial charge in [0.2, 0.25) is 5.91 Å². The summed E-state index contributed by atoms with van der Waals surface area (Å²) in [7, 11) is 0. The number of benzene rings is 3. The zero-order valence-corrected chi connectivity index (χ0v) is 20.6. The van der Waals surface area contributed by atoms with E-state index in [0.29, 0.717) is 22.8 Å². The maximum atomic E-state index is 13.4. The molecule has 4 rings (SSSR count). The van der Waals surface area contributed by atoms with E-state index in [1.54, 1.807) is 60.7 Å². The van der Waals surface area contributed by atoms with E-state index in [4.69, 9.17) is 11.6 Å². The van der Waals surface area contributed by atoms with Crippen molar-refractivity contribution >= 4 is 62.5 Å². The molecule has 3 aromatic rings. The molecule has 9 heteroatoms.